The molecule has 0 saturated heterocycles. The van der Waals surface area contributed by atoms with Crippen LogP contribution in [0.1, 0.15) is 80.4 Å². The number of hydrogen-bond acceptors (Lipinski definition) is 6. The standard InChI is InChI=1S/C27H32N4O4/c1-27(33)11-9-17(10-12-27)15-29-16-19-13-22(25(14-21(19)28)35-20-7-8-20)30-26(32)24-4-2-3-23(31(24)34)18-5-6-18/h2-4,13-18,20,28,33H,5-12H2,1H3,(H-,30,32,34)/p+1. The number of amides is 1. The zero-order chi connectivity index (χ0) is 24.6. The van der Waals surface area contributed by atoms with Gasteiger partial charge in [0.15, 0.2) is 0 Å². The number of aliphatic imine (C=N–C) groups is 1. The smallest absolute Gasteiger partial charge is 0.325 e. The van der Waals surface area contributed by atoms with E-state index in [1.807, 2.05) is 19.2 Å². The van der Waals surface area contributed by atoms with Crippen LogP contribution in [0.4, 0.5) is 0 Å². The van der Waals surface area contributed by atoms with Gasteiger partial charge in [-0.25, -0.2) is 0 Å². The molecule has 0 radical (unpaired) electrons. The Morgan fingerprint density at radius 1 is 1.20 bits per heavy atom. The van der Waals surface area contributed by atoms with E-state index in [1.54, 1.807) is 30.5 Å². The van der Waals surface area contributed by atoms with Crippen molar-refractivity contribution in [2.24, 2.45) is 10.9 Å². The Morgan fingerprint density at radius 2 is 1.94 bits per heavy atom. The summed E-state index contributed by atoms with van der Waals surface area (Å²) in [5.74, 6) is 0.593. The summed E-state index contributed by atoms with van der Waals surface area (Å²) in [6, 6.07) is 5.20. The maximum atomic E-state index is 13.1. The van der Waals surface area contributed by atoms with E-state index in [0.717, 1.165) is 61.8 Å². The molecule has 1 amide bonds. The molecular formula is C27H33N4O4+. The van der Waals surface area contributed by atoms with Crippen molar-refractivity contribution >= 4 is 17.8 Å². The first-order chi connectivity index (χ1) is 16.8. The number of carbonyl (C=O) groups is 1. The van der Waals surface area contributed by atoms with E-state index in [0.29, 0.717) is 28.9 Å². The quantitative estimate of drug-likeness (QED) is 0.272. The molecule has 0 aliphatic heterocycles. The first-order valence-electron chi connectivity index (χ1n) is 12.5. The van der Waals surface area contributed by atoms with Gasteiger partial charge in [0.2, 0.25) is 5.69 Å². The van der Waals surface area contributed by atoms with Crippen molar-refractivity contribution in [1.29, 1.82) is 5.41 Å². The lowest BCUT2D eigenvalue weighted by Crippen LogP contribution is -2.45. The van der Waals surface area contributed by atoms with Gasteiger partial charge < -0.3 is 20.6 Å². The number of allylic oxidation sites excluding steroid dienone is 3. The molecule has 8 nitrogen and oxygen atoms in total. The number of nitrogens with zero attached hydrogens (tertiary/aromatic N) is 2. The topological polar surface area (TPSA) is 119 Å². The van der Waals surface area contributed by atoms with Crippen LogP contribution in [0, 0.1) is 11.3 Å². The molecule has 1 heterocycles. The van der Waals surface area contributed by atoms with Crippen molar-refractivity contribution in [3.05, 3.63) is 65.0 Å². The molecule has 1 aromatic rings. The number of aromatic nitrogens is 1. The Morgan fingerprint density at radius 3 is 2.63 bits per heavy atom. The van der Waals surface area contributed by atoms with Gasteiger partial charge in [-0.1, -0.05) is 0 Å². The molecule has 0 unspecified atom stereocenters. The summed E-state index contributed by atoms with van der Waals surface area (Å²) in [4.78, 5) is 17.6. The van der Waals surface area contributed by atoms with E-state index in [-0.39, 0.29) is 17.5 Å². The van der Waals surface area contributed by atoms with Gasteiger partial charge in [0.05, 0.1) is 23.1 Å². The average molecular weight is 478 g/mol. The first-order valence-corrected chi connectivity index (χ1v) is 12.5. The molecule has 1 aromatic heterocycles. The molecule has 5 rings (SSSR count). The van der Waals surface area contributed by atoms with Crippen LogP contribution in [0.3, 0.4) is 0 Å². The first kappa shape index (κ1) is 23.5. The summed E-state index contributed by atoms with van der Waals surface area (Å²) in [5, 5.41) is 32.0. The Labute approximate surface area is 205 Å². The number of rotatable bonds is 7. The Balaban J connectivity index is 1.34. The van der Waals surface area contributed by atoms with E-state index < -0.39 is 11.5 Å². The molecule has 3 fully saturated rings. The second kappa shape index (κ2) is 9.41. The third kappa shape index (κ3) is 5.70. The maximum Gasteiger partial charge on any atom is 0.325 e. The van der Waals surface area contributed by atoms with E-state index >= 15 is 0 Å². The van der Waals surface area contributed by atoms with E-state index in [9.17, 15) is 15.1 Å². The lowest BCUT2D eigenvalue weighted by molar-refractivity contribution is -0.910. The second-order valence-corrected chi connectivity index (χ2v) is 10.4. The number of hydrogen-bond donors (Lipinski definition) is 4. The van der Waals surface area contributed by atoms with E-state index in [1.165, 1.54) is 0 Å². The molecule has 8 heteroatoms. The minimum Gasteiger partial charge on any atom is -0.488 e. The van der Waals surface area contributed by atoms with Gasteiger partial charge in [0, 0.05) is 46.8 Å². The minimum atomic E-state index is -0.586. The fourth-order valence-electron chi connectivity index (χ4n) is 4.48. The van der Waals surface area contributed by atoms with Crippen LogP contribution in [0.5, 0.6) is 0 Å². The van der Waals surface area contributed by atoms with Gasteiger partial charge in [-0.2, -0.15) is 0 Å². The van der Waals surface area contributed by atoms with Gasteiger partial charge in [-0.3, -0.25) is 15.0 Å². The summed E-state index contributed by atoms with van der Waals surface area (Å²) in [7, 11) is 0. The normalized spacial score (nSPS) is 28.1. The number of nitrogens with one attached hydrogen (secondary N) is 2. The van der Waals surface area contributed by atoms with Crippen molar-refractivity contribution in [2.45, 2.75) is 75.9 Å². The van der Waals surface area contributed by atoms with Crippen molar-refractivity contribution < 1.29 is 24.6 Å². The van der Waals surface area contributed by atoms with Crippen LogP contribution in [0.15, 0.2) is 58.6 Å². The highest BCUT2D eigenvalue weighted by molar-refractivity contribution is 6.10. The molecular weight excluding hydrogens is 444 g/mol. The monoisotopic (exact) mass is 477 g/mol. The number of carbonyl (C=O) groups excluding carboxylic acids is 1. The van der Waals surface area contributed by atoms with Crippen molar-refractivity contribution in [2.75, 3.05) is 0 Å². The van der Waals surface area contributed by atoms with E-state index in [2.05, 4.69) is 10.3 Å². The van der Waals surface area contributed by atoms with Crippen LogP contribution >= 0.6 is 0 Å². The highest BCUT2D eigenvalue weighted by atomic mass is 16.5. The van der Waals surface area contributed by atoms with Gasteiger partial charge in [-0.15, -0.1) is 0 Å². The van der Waals surface area contributed by atoms with Crippen molar-refractivity contribution in [3.63, 3.8) is 0 Å². The number of pyridine rings is 1. The van der Waals surface area contributed by atoms with Crippen LogP contribution < -0.4 is 10.0 Å². The predicted octanol–water partition coefficient (Wildman–Crippen LogP) is 3.69. The van der Waals surface area contributed by atoms with Crippen molar-refractivity contribution in [3.8, 4) is 0 Å². The molecule has 4 aliphatic rings. The maximum absolute atomic E-state index is 13.1. The van der Waals surface area contributed by atoms with Crippen LogP contribution in [-0.2, 0) is 4.74 Å². The Hall–Kier alpha value is -3.26. The Bertz CT molecular complexity index is 1150. The molecule has 3 saturated carbocycles. The molecule has 0 spiro atoms. The molecule has 4 N–H and O–H groups in total. The van der Waals surface area contributed by atoms with E-state index in [4.69, 9.17) is 10.1 Å². The molecule has 184 valence electrons. The average Bonchev–Trinajstić information content (AvgIpc) is 3.73. The largest absolute Gasteiger partial charge is 0.488 e. The van der Waals surface area contributed by atoms with Gasteiger partial charge in [-0.05, 0) is 76.4 Å². The molecule has 4 aliphatic carbocycles. The third-order valence-corrected chi connectivity index (χ3v) is 7.06. The summed E-state index contributed by atoms with van der Waals surface area (Å²) in [5.41, 5.74) is 1.57. The zero-order valence-electron chi connectivity index (χ0n) is 20.0. The number of ether oxygens (including phenoxy) is 1. The minimum absolute atomic E-state index is 0.0994. The SMILES string of the molecule is CC1(O)CCC(C=N/C=C2/C=C(NC(=O)c3cccc(C4CC4)[n+]3O)C(OC3CC3)=CC2=N)CC1. The summed E-state index contributed by atoms with van der Waals surface area (Å²) >= 11 is 0. The fourth-order valence-corrected chi connectivity index (χ4v) is 4.48. The molecule has 0 atom stereocenters. The third-order valence-electron chi connectivity index (χ3n) is 7.06. The lowest BCUT2D eigenvalue weighted by atomic mass is 9.80. The van der Waals surface area contributed by atoms with Crippen LogP contribution in [0.2, 0.25) is 0 Å². The fraction of sp³-hybridized carbons (Fsp3) is 0.481. The zero-order valence-corrected chi connectivity index (χ0v) is 20.0. The van der Waals surface area contributed by atoms with Gasteiger partial charge in [0.25, 0.3) is 0 Å². The van der Waals surface area contributed by atoms with Crippen LogP contribution in [0.25, 0.3) is 0 Å². The Kier molecular flexibility index (Phi) is 6.32. The predicted molar refractivity (Wildman–Crippen MR) is 130 cm³/mol. The summed E-state index contributed by atoms with van der Waals surface area (Å²) < 4.78 is 6.95. The van der Waals surface area contributed by atoms with Gasteiger partial charge in [0.1, 0.15) is 5.76 Å². The van der Waals surface area contributed by atoms with Gasteiger partial charge >= 0.3 is 11.6 Å². The van der Waals surface area contributed by atoms with Crippen molar-refractivity contribution in [1.82, 2.24) is 5.32 Å². The summed E-state index contributed by atoms with van der Waals surface area (Å²) in [6.07, 6.45) is 14.1. The highest BCUT2D eigenvalue weighted by Gasteiger charge is 2.36. The lowest BCUT2D eigenvalue weighted by Gasteiger charge is -2.31. The van der Waals surface area contributed by atoms with Crippen LogP contribution in [-0.4, -0.2) is 39.9 Å². The summed E-state index contributed by atoms with van der Waals surface area (Å²) in [6.45, 7) is 1.88. The second-order valence-electron chi connectivity index (χ2n) is 10.4. The molecule has 0 bridgehead atoms. The highest BCUT2D eigenvalue weighted by Crippen LogP contribution is 2.38. The molecule has 0 aromatic carbocycles. The number of aliphatic hydroxyl groups is 1. The molecule has 35 heavy (non-hydrogen) atoms.